The molecule has 278 valence electrons. The van der Waals surface area contributed by atoms with Crippen LogP contribution in [0.1, 0.15) is 44.6 Å². The fourth-order valence-corrected chi connectivity index (χ4v) is 8.55. The zero-order valence-electron chi connectivity index (χ0n) is 29.1. The molecular formula is C38H37F4N5O6. The molecule has 0 spiro atoms. The van der Waals surface area contributed by atoms with Gasteiger partial charge in [-0.05, 0) is 55.8 Å². The molecule has 11 nitrogen and oxygen atoms in total. The number of fused-ring (bicyclic) bond motifs is 5. The molecule has 1 aromatic heterocycles. The third-order valence-corrected chi connectivity index (χ3v) is 10.6. The molecule has 4 saturated heterocycles. The number of anilines is 1. The SMILES string of the molecule is C#Cc1c(F)ccc2cc(OC(C)=O)cc(-c3c(F)c(OC)c4c(N5CC6CCC(C5)N6)nc(OC[C@@]56CCCN5C[C@H](F)C6)nc4c3F)c12.O=CO. The first-order valence-electron chi connectivity index (χ1n) is 17.3. The molecule has 0 aliphatic carbocycles. The monoisotopic (exact) mass is 735 g/mol. The molecule has 4 aliphatic heterocycles. The van der Waals surface area contributed by atoms with E-state index in [1.807, 2.05) is 4.90 Å². The zero-order chi connectivity index (χ0) is 37.6. The van der Waals surface area contributed by atoms with Crippen LogP contribution in [0.25, 0.3) is 32.8 Å². The number of halogens is 4. The van der Waals surface area contributed by atoms with Crippen molar-refractivity contribution in [1.29, 1.82) is 0 Å². The Morgan fingerprint density at radius 3 is 2.55 bits per heavy atom. The number of esters is 1. The van der Waals surface area contributed by atoms with Crippen molar-refractivity contribution in [3.8, 4) is 41.0 Å². The first-order valence-corrected chi connectivity index (χ1v) is 17.3. The van der Waals surface area contributed by atoms with Crippen LogP contribution in [-0.4, -0.2) is 96.1 Å². The number of carboxylic acid groups (broad SMARTS) is 1. The average Bonchev–Trinajstić information content (AvgIpc) is 3.77. The largest absolute Gasteiger partial charge is 0.493 e. The van der Waals surface area contributed by atoms with Gasteiger partial charge < -0.3 is 29.5 Å². The molecule has 8 rings (SSSR count). The highest BCUT2D eigenvalue weighted by Gasteiger charge is 2.49. The van der Waals surface area contributed by atoms with Crippen LogP contribution >= 0.6 is 0 Å². The van der Waals surface area contributed by atoms with Gasteiger partial charge in [0.15, 0.2) is 17.4 Å². The van der Waals surface area contributed by atoms with E-state index in [9.17, 15) is 9.18 Å². The van der Waals surface area contributed by atoms with Crippen molar-refractivity contribution >= 4 is 39.9 Å². The molecule has 2 N–H and O–H groups in total. The van der Waals surface area contributed by atoms with Crippen LogP contribution in [0.4, 0.5) is 23.4 Å². The molecule has 4 aromatic rings. The molecule has 15 heteroatoms. The van der Waals surface area contributed by atoms with Gasteiger partial charge in [0.2, 0.25) is 0 Å². The van der Waals surface area contributed by atoms with Crippen molar-refractivity contribution in [3.63, 3.8) is 0 Å². The Morgan fingerprint density at radius 1 is 1.13 bits per heavy atom. The summed E-state index contributed by atoms with van der Waals surface area (Å²) < 4.78 is 81.2. The van der Waals surface area contributed by atoms with E-state index >= 15 is 13.2 Å². The summed E-state index contributed by atoms with van der Waals surface area (Å²) in [5.74, 6) is -1.44. The molecular weight excluding hydrogens is 698 g/mol. The van der Waals surface area contributed by atoms with Gasteiger partial charge in [0.25, 0.3) is 6.47 Å². The second kappa shape index (κ2) is 14.3. The van der Waals surface area contributed by atoms with E-state index in [0.717, 1.165) is 38.3 Å². The Labute approximate surface area is 302 Å². The van der Waals surface area contributed by atoms with E-state index in [0.29, 0.717) is 26.1 Å². The summed E-state index contributed by atoms with van der Waals surface area (Å²) >= 11 is 0. The van der Waals surface area contributed by atoms with Crippen LogP contribution in [0.2, 0.25) is 0 Å². The van der Waals surface area contributed by atoms with Gasteiger partial charge in [-0.2, -0.15) is 9.97 Å². The number of alkyl halides is 1. The van der Waals surface area contributed by atoms with Crippen molar-refractivity contribution < 1.29 is 46.5 Å². The summed E-state index contributed by atoms with van der Waals surface area (Å²) in [6, 6.07) is 5.37. The van der Waals surface area contributed by atoms with Crippen molar-refractivity contribution in [3.05, 3.63) is 47.3 Å². The first kappa shape index (κ1) is 36.2. The van der Waals surface area contributed by atoms with Gasteiger partial charge in [0.1, 0.15) is 35.7 Å². The molecule has 0 radical (unpaired) electrons. The lowest BCUT2D eigenvalue weighted by Gasteiger charge is -2.35. The van der Waals surface area contributed by atoms with Gasteiger partial charge in [0.05, 0.1) is 29.2 Å². The van der Waals surface area contributed by atoms with E-state index in [2.05, 4.69) is 21.1 Å². The summed E-state index contributed by atoms with van der Waals surface area (Å²) in [6.07, 6.45) is 8.59. The molecule has 3 aromatic carbocycles. The number of carbonyl (C=O) groups excluding carboxylic acids is 1. The molecule has 0 amide bonds. The summed E-state index contributed by atoms with van der Waals surface area (Å²) in [7, 11) is 1.26. The van der Waals surface area contributed by atoms with Gasteiger partial charge in [0, 0.05) is 56.0 Å². The van der Waals surface area contributed by atoms with Crippen molar-refractivity contribution in [2.45, 2.75) is 62.8 Å². The summed E-state index contributed by atoms with van der Waals surface area (Å²) in [4.78, 5) is 33.6. The minimum atomic E-state index is -1.09. The number of nitrogens with zero attached hydrogens (tertiary/aromatic N) is 4. The Hall–Kier alpha value is -5.20. The average molecular weight is 736 g/mol. The highest BCUT2D eigenvalue weighted by Crippen LogP contribution is 2.47. The second-order valence-electron chi connectivity index (χ2n) is 13.8. The third kappa shape index (κ3) is 6.44. The number of nitrogens with one attached hydrogen (secondary N) is 1. The standard InChI is InChI=1S/C37H35F4N5O4.CH2O2/c1-4-25-27(39)9-6-20-12-24(50-19(2)47)13-26(28(20)25)29-31(40)33-30(34(48-3)32(29)41)35(45-16-22-7-8-23(17-45)42-22)44-36(43-33)49-18-37-10-5-11-46(37)15-21(38)14-37;2-1-3/h1,6,9,12-13,21-23,42H,5,7-8,10-11,14-18H2,2-3H3;1H,(H,2,3)/t21-,22?,23?,37+;/m1./s1. The lowest BCUT2D eigenvalue weighted by Crippen LogP contribution is -2.51. The summed E-state index contributed by atoms with van der Waals surface area (Å²) in [6.45, 7) is 3.16. The smallest absolute Gasteiger partial charge is 0.319 e. The van der Waals surface area contributed by atoms with Crippen LogP contribution in [-0.2, 0) is 9.59 Å². The van der Waals surface area contributed by atoms with Crippen LogP contribution in [0.3, 0.4) is 0 Å². The Bertz CT molecular complexity index is 2150. The first-order chi connectivity index (χ1) is 25.5. The van der Waals surface area contributed by atoms with Gasteiger partial charge in [-0.3, -0.25) is 14.5 Å². The van der Waals surface area contributed by atoms with Crippen LogP contribution in [0.15, 0.2) is 24.3 Å². The Balaban J connectivity index is 0.00000140. The fraction of sp³-hybridized carbons (Fsp3) is 0.421. The summed E-state index contributed by atoms with van der Waals surface area (Å²) in [5, 5.41) is 10.8. The topological polar surface area (TPSA) is 126 Å². The molecule has 2 bridgehead atoms. The highest BCUT2D eigenvalue weighted by atomic mass is 19.1. The van der Waals surface area contributed by atoms with Crippen LogP contribution in [0.5, 0.6) is 17.5 Å². The predicted octanol–water partition coefficient (Wildman–Crippen LogP) is 5.38. The molecule has 53 heavy (non-hydrogen) atoms. The quantitative estimate of drug-likeness (QED) is 0.0836. The zero-order valence-corrected chi connectivity index (χ0v) is 29.1. The number of terminal acetylenes is 1. The molecule has 5 heterocycles. The number of piperazine rings is 1. The highest BCUT2D eigenvalue weighted by molar-refractivity contribution is 6.06. The van der Waals surface area contributed by atoms with Gasteiger partial charge in [-0.15, -0.1) is 6.42 Å². The van der Waals surface area contributed by atoms with Gasteiger partial charge in [-0.25, -0.2) is 17.6 Å². The number of methoxy groups -OCH3 is 1. The maximum Gasteiger partial charge on any atom is 0.319 e. The van der Waals surface area contributed by atoms with E-state index in [-0.39, 0.29) is 81.3 Å². The molecule has 2 unspecified atom stereocenters. The Morgan fingerprint density at radius 2 is 1.87 bits per heavy atom. The van der Waals surface area contributed by atoms with Gasteiger partial charge >= 0.3 is 12.0 Å². The summed E-state index contributed by atoms with van der Waals surface area (Å²) in [5.41, 5.74) is -1.81. The molecule has 4 fully saturated rings. The lowest BCUT2D eigenvalue weighted by molar-refractivity contribution is -0.131. The fourth-order valence-electron chi connectivity index (χ4n) is 8.55. The predicted molar refractivity (Wildman–Crippen MR) is 188 cm³/mol. The number of aromatic nitrogens is 2. The minimum absolute atomic E-state index is 0.00837. The normalized spacial score (nSPS) is 23.3. The van der Waals surface area contributed by atoms with Crippen LogP contribution in [0, 0.1) is 29.8 Å². The van der Waals surface area contributed by atoms with Crippen molar-refractivity contribution in [2.75, 3.05) is 44.8 Å². The minimum Gasteiger partial charge on any atom is -0.493 e. The lowest BCUT2D eigenvalue weighted by atomic mass is 9.92. The number of hydrogen-bond acceptors (Lipinski definition) is 10. The number of hydrogen-bond donors (Lipinski definition) is 2. The molecule has 4 aliphatic rings. The molecule has 4 atom stereocenters. The Kier molecular flexibility index (Phi) is 9.77. The maximum absolute atomic E-state index is 17.3. The van der Waals surface area contributed by atoms with Crippen molar-refractivity contribution in [1.82, 2.24) is 20.2 Å². The van der Waals surface area contributed by atoms with E-state index in [1.54, 1.807) is 0 Å². The van der Waals surface area contributed by atoms with E-state index in [4.69, 9.17) is 35.5 Å². The maximum atomic E-state index is 17.3. The second-order valence-corrected chi connectivity index (χ2v) is 13.8. The molecule has 0 saturated carbocycles. The number of ether oxygens (including phenoxy) is 3. The third-order valence-electron chi connectivity index (χ3n) is 10.6. The van der Waals surface area contributed by atoms with Crippen molar-refractivity contribution in [2.24, 2.45) is 0 Å². The van der Waals surface area contributed by atoms with Gasteiger partial charge in [-0.1, -0.05) is 12.0 Å². The van der Waals surface area contributed by atoms with Crippen LogP contribution < -0.4 is 24.4 Å². The number of rotatable bonds is 7. The van der Waals surface area contributed by atoms with E-state index in [1.165, 1.54) is 32.2 Å². The number of carbonyl (C=O) groups is 2. The van der Waals surface area contributed by atoms with E-state index < -0.39 is 40.7 Å². The number of benzene rings is 3.